The molecule has 1 atom stereocenters. The molecule has 1 amide bonds. The number of alkyl halides is 3. The third-order valence-corrected chi connectivity index (χ3v) is 6.12. The van der Waals surface area contributed by atoms with E-state index in [9.17, 15) is 13.6 Å². The molecule has 1 saturated heterocycles. The molecule has 1 fully saturated rings. The van der Waals surface area contributed by atoms with Gasteiger partial charge in [0.05, 0.1) is 56.5 Å². The largest absolute Gasteiger partial charge is 0.487 e. The van der Waals surface area contributed by atoms with Crippen molar-refractivity contribution >= 4 is 29.0 Å². The molecular weight excluding hydrogens is 496 g/mol. The predicted octanol–water partition coefficient (Wildman–Crippen LogP) is 4.12. The summed E-state index contributed by atoms with van der Waals surface area (Å²) in [7, 11) is 0. The molecular formula is C24H24ClF2N5O4. The molecule has 1 aromatic carbocycles. The van der Waals surface area contributed by atoms with Crippen LogP contribution in [-0.2, 0) is 22.6 Å². The number of fused-ring (bicyclic) bond motifs is 1. The number of nitrogens with one attached hydrogen (secondary N) is 1. The monoisotopic (exact) mass is 519 g/mol. The molecule has 12 heteroatoms. The van der Waals surface area contributed by atoms with Crippen LogP contribution < -0.4 is 15.0 Å². The van der Waals surface area contributed by atoms with Gasteiger partial charge in [0.1, 0.15) is 11.6 Å². The first kappa shape index (κ1) is 24.4. The van der Waals surface area contributed by atoms with E-state index >= 15 is 0 Å². The predicted molar refractivity (Wildman–Crippen MR) is 129 cm³/mol. The lowest BCUT2D eigenvalue weighted by Gasteiger charge is -2.35. The number of carbonyl (C=O) groups is 1. The SMILES string of the molecule is C[C@@H]1COCCN1c1ncc(C(=O)Nc2ccc(OC(F)(F)Cl)cc2)cc1-c1cnn2c1COCC2. The number of anilines is 2. The highest BCUT2D eigenvalue weighted by Gasteiger charge is 2.28. The lowest BCUT2D eigenvalue weighted by atomic mass is 10.0. The quantitative estimate of drug-likeness (QED) is 0.490. The van der Waals surface area contributed by atoms with E-state index in [1.54, 1.807) is 12.3 Å². The first-order valence-electron chi connectivity index (χ1n) is 11.4. The Labute approximate surface area is 210 Å². The van der Waals surface area contributed by atoms with Crippen molar-refractivity contribution in [2.45, 2.75) is 31.7 Å². The summed E-state index contributed by atoms with van der Waals surface area (Å²) in [6.45, 7) is 5.56. The lowest BCUT2D eigenvalue weighted by Crippen LogP contribution is -2.44. The van der Waals surface area contributed by atoms with E-state index in [1.807, 2.05) is 4.68 Å². The molecule has 4 heterocycles. The second kappa shape index (κ2) is 10.00. The van der Waals surface area contributed by atoms with Crippen molar-refractivity contribution in [1.29, 1.82) is 0 Å². The molecule has 2 aromatic heterocycles. The number of carbonyl (C=O) groups excluding carboxylic acids is 1. The summed E-state index contributed by atoms with van der Waals surface area (Å²) in [5.74, 6) is 0.209. The van der Waals surface area contributed by atoms with Crippen LogP contribution in [0.5, 0.6) is 5.75 Å². The Bertz CT molecular complexity index is 1250. The molecule has 36 heavy (non-hydrogen) atoms. The number of ether oxygens (including phenoxy) is 3. The number of amides is 1. The van der Waals surface area contributed by atoms with Gasteiger partial charge < -0.3 is 24.4 Å². The standard InChI is InChI=1S/C24H24ClF2N5O4/c1-15-13-34-8-6-31(15)22-19(20-12-29-32-7-9-35-14-21(20)32)10-16(11-28-22)23(33)30-17-2-4-18(5-3-17)36-24(25,26)27/h2-5,10-12,15H,6-9,13-14H2,1H3,(H,30,33)/t15-/m1/s1. The summed E-state index contributed by atoms with van der Waals surface area (Å²) >= 11 is 4.79. The zero-order valence-corrected chi connectivity index (χ0v) is 20.2. The number of halogens is 3. The number of pyridine rings is 1. The average Bonchev–Trinajstić information content (AvgIpc) is 3.28. The van der Waals surface area contributed by atoms with Crippen molar-refractivity contribution in [3.63, 3.8) is 0 Å². The Morgan fingerprint density at radius 1 is 1.17 bits per heavy atom. The summed E-state index contributed by atoms with van der Waals surface area (Å²) in [5.41, 5.74) is -0.530. The third-order valence-electron chi connectivity index (χ3n) is 6.04. The minimum Gasteiger partial charge on any atom is -0.420 e. The highest BCUT2D eigenvalue weighted by Crippen LogP contribution is 2.35. The molecule has 2 aliphatic rings. The van der Waals surface area contributed by atoms with Crippen molar-refractivity contribution in [2.75, 3.05) is 36.6 Å². The lowest BCUT2D eigenvalue weighted by molar-refractivity contribution is -0.0964. The normalized spacial score (nSPS) is 18.0. The van der Waals surface area contributed by atoms with Gasteiger partial charge in [-0.3, -0.25) is 9.48 Å². The Balaban J connectivity index is 1.45. The van der Waals surface area contributed by atoms with Gasteiger partial charge in [-0.1, -0.05) is 0 Å². The highest BCUT2D eigenvalue weighted by atomic mass is 35.5. The van der Waals surface area contributed by atoms with Gasteiger partial charge in [-0.25, -0.2) is 4.98 Å². The Morgan fingerprint density at radius 3 is 2.69 bits per heavy atom. The molecule has 0 spiro atoms. The Hall–Kier alpha value is -3.28. The van der Waals surface area contributed by atoms with Crippen LogP contribution in [0.4, 0.5) is 20.3 Å². The van der Waals surface area contributed by atoms with Gasteiger partial charge in [-0.2, -0.15) is 5.10 Å². The molecule has 0 aliphatic carbocycles. The molecule has 5 rings (SSSR count). The molecule has 9 nitrogen and oxygen atoms in total. The van der Waals surface area contributed by atoms with Gasteiger partial charge in [0.25, 0.3) is 5.91 Å². The fraction of sp³-hybridized carbons (Fsp3) is 0.375. The zero-order chi connectivity index (χ0) is 25.3. The summed E-state index contributed by atoms with van der Waals surface area (Å²) in [4.78, 5) is 19.9. The van der Waals surface area contributed by atoms with Crippen LogP contribution in [0.2, 0.25) is 0 Å². The summed E-state index contributed by atoms with van der Waals surface area (Å²) < 4.78 is 43.1. The van der Waals surface area contributed by atoms with Crippen LogP contribution in [0.25, 0.3) is 11.1 Å². The van der Waals surface area contributed by atoms with Crippen molar-refractivity contribution in [2.24, 2.45) is 0 Å². The highest BCUT2D eigenvalue weighted by molar-refractivity contribution is 6.20. The van der Waals surface area contributed by atoms with E-state index in [2.05, 4.69) is 32.0 Å². The molecule has 0 saturated carbocycles. The Morgan fingerprint density at radius 2 is 1.94 bits per heavy atom. The maximum Gasteiger partial charge on any atom is 0.487 e. The van der Waals surface area contributed by atoms with Crippen molar-refractivity contribution in [1.82, 2.24) is 14.8 Å². The second-order valence-electron chi connectivity index (χ2n) is 8.52. The van der Waals surface area contributed by atoms with Crippen LogP contribution in [-0.4, -0.2) is 58.6 Å². The van der Waals surface area contributed by atoms with Gasteiger partial charge in [0, 0.05) is 41.2 Å². The van der Waals surface area contributed by atoms with Gasteiger partial charge in [-0.15, -0.1) is 8.78 Å². The van der Waals surface area contributed by atoms with Crippen LogP contribution in [0.15, 0.2) is 42.7 Å². The van der Waals surface area contributed by atoms with Crippen LogP contribution in [0.3, 0.4) is 0 Å². The fourth-order valence-corrected chi connectivity index (χ4v) is 4.38. The maximum absolute atomic E-state index is 13.1. The number of benzene rings is 1. The first-order valence-corrected chi connectivity index (χ1v) is 11.8. The average molecular weight is 520 g/mol. The van der Waals surface area contributed by atoms with Gasteiger partial charge in [-0.05, 0) is 37.3 Å². The molecule has 1 N–H and O–H groups in total. The number of rotatable bonds is 6. The van der Waals surface area contributed by atoms with Gasteiger partial charge in [0.2, 0.25) is 0 Å². The topological polar surface area (TPSA) is 90.7 Å². The maximum atomic E-state index is 13.1. The minimum absolute atomic E-state index is 0.105. The third kappa shape index (κ3) is 5.28. The molecule has 0 radical (unpaired) electrons. The van der Waals surface area contributed by atoms with Gasteiger partial charge in [0.15, 0.2) is 0 Å². The number of hydrogen-bond donors (Lipinski definition) is 1. The van der Waals surface area contributed by atoms with E-state index in [0.717, 1.165) is 22.6 Å². The molecule has 2 aliphatic heterocycles. The Kier molecular flexibility index (Phi) is 6.78. The second-order valence-corrected chi connectivity index (χ2v) is 8.96. The van der Waals surface area contributed by atoms with Crippen LogP contribution in [0, 0.1) is 0 Å². The molecule has 0 bridgehead atoms. The molecule has 0 unspecified atom stereocenters. The molecule has 3 aromatic rings. The number of nitrogens with zero attached hydrogens (tertiary/aromatic N) is 4. The minimum atomic E-state index is -3.81. The van der Waals surface area contributed by atoms with Crippen LogP contribution >= 0.6 is 11.6 Å². The number of aromatic nitrogens is 3. The van der Waals surface area contributed by atoms with E-state index in [4.69, 9.17) is 21.1 Å². The van der Waals surface area contributed by atoms with Crippen molar-refractivity contribution in [3.05, 3.63) is 54.0 Å². The molecule has 190 valence electrons. The number of hydrogen-bond acceptors (Lipinski definition) is 7. The summed E-state index contributed by atoms with van der Waals surface area (Å²) in [6, 6.07) is 7.36. The van der Waals surface area contributed by atoms with E-state index in [0.29, 0.717) is 50.8 Å². The smallest absolute Gasteiger partial charge is 0.420 e. The van der Waals surface area contributed by atoms with E-state index in [-0.39, 0.29) is 11.8 Å². The van der Waals surface area contributed by atoms with E-state index < -0.39 is 11.5 Å². The van der Waals surface area contributed by atoms with Gasteiger partial charge >= 0.3 is 5.57 Å². The van der Waals surface area contributed by atoms with E-state index in [1.165, 1.54) is 30.5 Å². The fourth-order valence-electron chi connectivity index (χ4n) is 4.29. The summed E-state index contributed by atoms with van der Waals surface area (Å²) in [5, 5.41) is 7.26. The summed E-state index contributed by atoms with van der Waals surface area (Å²) in [6.07, 6.45) is 3.30. The zero-order valence-electron chi connectivity index (χ0n) is 19.4. The first-order chi connectivity index (χ1) is 17.3. The van der Waals surface area contributed by atoms with Crippen LogP contribution in [0.1, 0.15) is 23.0 Å². The van der Waals surface area contributed by atoms with Crippen molar-refractivity contribution < 1.29 is 27.8 Å². The number of morpholine rings is 1. The van der Waals surface area contributed by atoms with Crippen molar-refractivity contribution in [3.8, 4) is 16.9 Å².